The van der Waals surface area contributed by atoms with Crippen molar-refractivity contribution >= 4 is 46.5 Å². The molecule has 31 heavy (non-hydrogen) atoms. The third kappa shape index (κ3) is 5.09. The maximum Gasteiger partial charge on any atom is 0.417 e. The van der Waals surface area contributed by atoms with Gasteiger partial charge in [0.05, 0.1) is 21.7 Å². The second-order valence-electron chi connectivity index (χ2n) is 6.46. The lowest BCUT2D eigenvalue weighted by molar-refractivity contribution is -0.138. The fourth-order valence-electron chi connectivity index (χ4n) is 3.01. The predicted octanol–water partition coefficient (Wildman–Crippen LogP) is 5.44. The van der Waals surface area contributed by atoms with Gasteiger partial charge < -0.3 is 9.80 Å². The number of pyridine rings is 2. The molecule has 2 aromatic rings. The normalized spacial score (nSPS) is 15.4. The van der Waals surface area contributed by atoms with Crippen molar-refractivity contribution in [3.05, 3.63) is 50.3 Å². The standard InChI is InChI=1S/C17H11Cl3F6N4O/c18-10-5-8(16(21,22)23)7-27-14(10)29-1-3-30(4-2-29)15(31)12-9(17(24,25)26)6-11(19)28-13(12)20/h5-7H,1-4H2. The fourth-order valence-corrected chi connectivity index (χ4v) is 3.81. The highest BCUT2D eigenvalue weighted by atomic mass is 35.5. The van der Waals surface area contributed by atoms with E-state index in [0.717, 1.165) is 11.0 Å². The first-order valence-corrected chi connectivity index (χ1v) is 9.62. The molecule has 0 unspecified atom stereocenters. The van der Waals surface area contributed by atoms with Gasteiger partial charge in [-0.3, -0.25) is 4.79 Å². The lowest BCUT2D eigenvalue weighted by atomic mass is 10.1. The number of hydrogen-bond donors (Lipinski definition) is 0. The zero-order chi connectivity index (χ0) is 23.1. The number of carbonyl (C=O) groups excluding carboxylic acids is 1. The van der Waals surface area contributed by atoms with Crippen LogP contribution in [-0.4, -0.2) is 47.0 Å². The Morgan fingerprint density at radius 1 is 0.935 bits per heavy atom. The first-order valence-electron chi connectivity index (χ1n) is 8.49. The quantitative estimate of drug-likeness (QED) is 0.401. The van der Waals surface area contributed by atoms with Gasteiger partial charge in [-0.15, -0.1) is 0 Å². The summed E-state index contributed by atoms with van der Waals surface area (Å²) < 4.78 is 78.3. The van der Waals surface area contributed by atoms with Gasteiger partial charge in [0, 0.05) is 32.4 Å². The zero-order valence-corrected chi connectivity index (χ0v) is 17.4. The summed E-state index contributed by atoms with van der Waals surface area (Å²) in [6.07, 6.45) is -8.86. The van der Waals surface area contributed by atoms with Crippen LogP contribution in [-0.2, 0) is 12.4 Å². The number of aromatic nitrogens is 2. The zero-order valence-electron chi connectivity index (χ0n) is 15.2. The first kappa shape index (κ1) is 23.7. The molecule has 3 heterocycles. The van der Waals surface area contributed by atoms with Gasteiger partial charge in [0.1, 0.15) is 16.1 Å². The Labute approximate surface area is 186 Å². The molecular formula is C17H11Cl3F6N4O. The number of carbonyl (C=O) groups is 1. The minimum Gasteiger partial charge on any atom is -0.352 e. The molecule has 0 spiro atoms. The van der Waals surface area contributed by atoms with Crippen LogP contribution >= 0.6 is 34.8 Å². The summed E-state index contributed by atoms with van der Waals surface area (Å²) in [4.78, 5) is 22.7. The Balaban J connectivity index is 1.79. The molecule has 0 bridgehead atoms. The van der Waals surface area contributed by atoms with Crippen molar-refractivity contribution in [1.82, 2.24) is 14.9 Å². The van der Waals surface area contributed by atoms with E-state index in [1.165, 1.54) is 4.90 Å². The van der Waals surface area contributed by atoms with E-state index in [2.05, 4.69) is 9.97 Å². The van der Waals surface area contributed by atoms with E-state index in [4.69, 9.17) is 34.8 Å². The smallest absolute Gasteiger partial charge is 0.352 e. The minimum absolute atomic E-state index is 0.0475. The van der Waals surface area contributed by atoms with Crippen LogP contribution in [0.15, 0.2) is 18.3 Å². The average Bonchev–Trinajstić information content (AvgIpc) is 2.65. The highest BCUT2D eigenvalue weighted by molar-refractivity contribution is 6.35. The van der Waals surface area contributed by atoms with Crippen molar-refractivity contribution in [2.24, 2.45) is 0 Å². The molecule has 0 aliphatic carbocycles. The van der Waals surface area contributed by atoms with E-state index in [-0.39, 0.29) is 37.0 Å². The van der Waals surface area contributed by atoms with Gasteiger partial charge in [-0.05, 0) is 12.1 Å². The van der Waals surface area contributed by atoms with Crippen molar-refractivity contribution < 1.29 is 31.1 Å². The molecule has 1 amide bonds. The third-order valence-electron chi connectivity index (χ3n) is 4.48. The molecule has 0 atom stereocenters. The number of hydrogen-bond acceptors (Lipinski definition) is 4. The Bertz CT molecular complexity index is 1010. The second-order valence-corrected chi connectivity index (χ2v) is 7.62. The molecular weight excluding hydrogens is 497 g/mol. The van der Waals surface area contributed by atoms with Crippen LogP contribution in [0.4, 0.5) is 32.2 Å². The topological polar surface area (TPSA) is 49.3 Å². The number of anilines is 1. The fraction of sp³-hybridized carbons (Fsp3) is 0.353. The average molecular weight is 508 g/mol. The number of halogens is 9. The van der Waals surface area contributed by atoms with Crippen molar-refractivity contribution in [2.45, 2.75) is 12.4 Å². The van der Waals surface area contributed by atoms with Crippen LogP contribution < -0.4 is 4.90 Å². The Morgan fingerprint density at radius 3 is 2.06 bits per heavy atom. The first-order chi connectivity index (χ1) is 14.3. The number of rotatable bonds is 2. The van der Waals surface area contributed by atoms with Gasteiger partial charge in [0.25, 0.3) is 5.91 Å². The molecule has 0 N–H and O–H groups in total. The van der Waals surface area contributed by atoms with Crippen LogP contribution in [0.1, 0.15) is 21.5 Å². The second kappa shape index (κ2) is 8.51. The summed E-state index contributed by atoms with van der Waals surface area (Å²) in [7, 11) is 0. The van der Waals surface area contributed by atoms with E-state index in [1.807, 2.05) is 0 Å². The molecule has 3 rings (SSSR count). The third-order valence-corrected chi connectivity index (χ3v) is 5.22. The largest absolute Gasteiger partial charge is 0.417 e. The van der Waals surface area contributed by atoms with Crippen molar-refractivity contribution in [2.75, 3.05) is 31.1 Å². The number of alkyl halides is 6. The van der Waals surface area contributed by atoms with Gasteiger partial charge in [-0.25, -0.2) is 9.97 Å². The Morgan fingerprint density at radius 2 is 1.55 bits per heavy atom. The van der Waals surface area contributed by atoms with Crippen molar-refractivity contribution in [1.29, 1.82) is 0 Å². The number of amides is 1. The lowest BCUT2D eigenvalue weighted by Crippen LogP contribution is -2.49. The van der Waals surface area contributed by atoms with Gasteiger partial charge in [-0.2, -0.15) is 26.3 Å². The molecule has 5 nitrogen and oxygen atoms in total. The molecule has 2 aromatic heterocycles. The molecule has 0 aromatic carbocycles. The van der Waals surface area contributed by atoms with E-state index in [9.17, 15) is 31.1 Å². The van der Waals surface area contributed by atoms with E-state index >= 15 is 0 Å². The van der Waals surface area contributed by atoms with E-state index in [0.29, 0.717) is 12.3 Å². The van der Waals surface area contributed by atoms with Crippen molar-refractivity contribution in [3.63, 3.8) is 0 Å². The van der Waals surface area contributed by atoms with Gasteiger partial charge in [-0.1, -0.05) is 34.8 Å². The summed E-state index contributed by atoms with van der Waals surface area (Å²) in [5.74, 6) is -0.920. The summed E-state index contributed by atoms with van der Waals surface area (Å²) >= 11 is 17.2. The Kier molecular flexibility index (Phi) is 6.50. The van der Waals surface area contributed by atoms with Crippen LogP contribution in [0.3, 0.4) is 0 Å². The molecule has 0 saturated carbocycles. The number of nitrogens with zero attached hydrogens (tertiary/aromatic N) is 4. The summed E-state index contributed by atoms with van der Waals surface area (Å²) in [6, 6.07) is 1.25. The number of piperazine rings is 1. The van der Waals surface area contributed by atoms with Gasteiger partial charge in [0.2, 0.25) is 0 Å². The van der Waals surface area contributed by atoms with E-state index in [1.54, 1.807) is 0 Å². The molecule has 1 saturated heterocycles. The molecule has 1 fully saturated rings. The Hall–Kier alpha value is -1.98. The summed E-state index contributed by atoms with van der Waals surface area (Å²) in [6.45, 7) is 0.0514. The minimum atomic E-state index is -4.89. The summed E-state index contributed by atoms with van der Waals surface area (Å²) in [5.41, 5.74) is -3.14. The van der Waals surface area contributed by atoms with Crippen LogP contribution in [0, 0.1) is 0 Å². The van der Waals surface area contributed by atoms with Crippen molar-refractivity contribution in [3.8, 4) is 0 Å². The van der Waals surface area contributed by atoms with Crippen LogP contribution in [0.2, 0.25) is 15.3 Å². The molecule has 14 heteroatoms. The molecule has 168 valence electrons. The lowest BCUT2D eigenvalue weighted by Gasteiger charge is -2.36. The van der Waals surface area contributed by atoms with E-state index < -0.39 is 45.3 Å². The molecule has 1 aliphatic rings. The highest BCUT2D eigenvalue weighted by Gasteiger charge is 2.39. The van der Waals surface area contributed by atoms with Crippen LogP contribution in [0.25, 0.3) is 0 Å². The molecule has 0 radical (unpaired) electrons. The molecule has 1 aliphatic heterocycles. The monoisotopic (exact) mass is 506 g/mol. The SMILES string of the molecule is O=C(c1c(C(F)(F)F)cc(Cl)nc1Cl)N1CCN(c2ncc(C(F)(F)F)cc2Cl)CC1. The maximum absolute atomic E-state index is 13.4. The predicted molar refractivity (Wildman–Crippen MR) is 102 cm³/mol. The van der Waals surface area contributed by atoms with Crippen LogP contribution in [0.5, 0.6) is 0 Å². The van der Waals surface area contributed by atoms with Gasteiger partial charge >= 0.3 is 12.4 Å². The van der Waals surface area contributed by atoms with Gasteiger partial charge in [0.15, 0.2) is 0 Å². The highest BCUT2D eigenvalue weighted by Crippen LogP contribution is 2.37. The summed E-state index contributed by atoms with van der Waals surface area (Å²) in [5, 5.41) is -1.43. The maximum atomic E-state index is 13.4.